The molecule has 2 atom stereocenters. The van der Waals surface area contributed by atoms with E-state index in [1.165, 1.54) is 12.1 Å². The standard InChI is InChI=1S/C20H27F2N3O2/c21-17-9-15(10-18(22)11-17)12-23-7-3-20(27)4-8-25(14-16(20)13-23)19(26)24-5-1-2-6-24/h9-11,16,27H,1-8,12-14H2/t16-,20-/m1/s1. The van der Waals surface area contributed by atoms with Crippen LogP contribution in [0, 0.1) is 17.6 Å². The number of hydrogen-bond donors (Lipinski definition) is 1. The molecule has 3 aliphatic rings. The second kappa shape index (κ2) is 7.36. The van der Waals surface area contributed by atoms with Crippen molar-refractivity contribution >= 4 is 6.03 Å². The highest BCUT2D eigenvalue weighted by molar-refractivity contribution is 5.74. The van der Waals surface area contributed by atoms with Gasteiger partial charge in [-0.15, -0.1) is 0 Å². The molecule has 0 radical (unpaired) electrons. The van der Waals surface area contributed by atoms with Crippen LogP contribution in [0.5, 0.6) is 0 Å². The van der Waals surface area contributed by atoms with Crippen molar-refractivity contribution in [2.45, 2.75) is 37.8 Å². The van der Waals surface area contributed by atoms with Crippen LogP contribution in [0.4, 0.5) is 13.6 Å². The van der Waals surface area contributed by atoms with Gasteiger partial charge in [0, 0.05) is 57.8 Å². The maximum Gasteiger partial charge on any atom is 0.320 e. The van der Waals surface area contributed by atoms with Crippen molar-refractivity contribution in [3.05, 3.63) is 35.4 Å². The van der Waals surface area contributed by atoms with Gasteiger partial charge in [0.05, 0.1) is 5.60 Å². The quantitative estimate of drug-likeness (QED) is 0.859. The summed E-state index contributed by atoms with van der Waals surface area (Å²) >= 11 is 0. The zero-order valence-electron chi connectivity index (χ0n) is 15.5. The van der Waals surface area contributed by atoms with Crippen molar-refractivity contribution in [3.8, 4) is 0 Å². The minimum Gasteiger partial charge on any atom is -0.389 e. The maximum atomic E-state index is 13.5. The molecule has 3 fully saturated rings. The Kier molecular flexibility index (Phi) is 5.07. The van der Waals surface area contributed by atoms with Crippen molar-refractivity contribution < 1.29 is 18.7 Å². The molecule has 148 valence electrons. The van der Waals surface area contributed by atoms with Crippen molar-refractivity contribution in [2.75, 3.05) is 39.3 Å². The van der Waals surface area contributed by atoms with Crippen LogP contribution in [0.2, 0.25) is 0 Å². The zero-order valence-corrected chi connectivity index (χ0v) is 15.5. The Bertz CT molecular complexity index is 690. The summed E-state index contributed by atoms with van der Waals surface area (Å²) in [6.07, 6.45) is 3.34. The SMILES string of the molecule is O=C(N1CCCC1)N1CC[C@]2(O)CCN(Cc3cc(F)cc(F)c3)C[C@@H]2C1. The third-order valence-corrected chi connectivity index (χ3v) is 6.33. The van der Waals surface area contributed by atoms with E-state index in [0.29, 0.717) is 51.1 Å². The lowest BCUT2D eigenvalue weighted by Gasteiger charge is -2.50. The van der Waals surface area contributed by atoms with E-state index < -0.39 is 17.2 Å². The van der Waals surface area contributed by atoms with Crippen molar-refractivity contribution in [3.63, 3.8) is 0 Å². The summed E-state index contributed by atoms with van der Waals surface area (Å²) in [5.41, 5.74) is -0.149. The number of likely N-dealkylation sites (tertiary alicyclic amines) is 3. The van der Waals surface area contributed by atoms with Gasteiger partial charge in [0.2, 0.25) is 0 Å². The molecule has 1 aromatic rings. The predicted molar refractivity (Wildman–Crippen MR) is 97.1 cm³/mol. The van der Waals surface area contributed by atoms with Crippen molar-refractivity contribution in [1.82, 2.24) is 14.7 Å². The van der Waals surface area contributed by atoms with E-state index in [4.69, 9.17) is 0 Å². The average molecular weight is 379 g/mol. The Labute approximate surface area is 158 Å². The number of fused-ring (bicyclic) bond motifs is 1. The Hall–Kier alpha value is -1.73. The lowest BCUT2D eigenvalue weighted by atomic mass is 9.75. The molecule has 3 heterocycles. The van der Waals surface area contributed by atoms with E-state index in [9.17, 15) is 18.7 Å². The molecule has 2 amide bonds. The molecule has 3 saturated heterocycles. The van der Waals surface area contributed by atoms with Crippen LogP contribution in [0.3, 0.4) is 0 Å². The molecular weight excluding hydrogens is 352 g/mol. The largest absolute Gasteiger partial charge is 0.389 e. The highest BCUT2D eigenvalue weighted by atomic mass is 19.1. The highest BCUT2D eigenvalue weighted by Gasteiger charge is 2.46. The molecule has 0 unspecified atom stereocenters. The average Bonchev–Trinajstić information content (AvgIpc) is 3.15. The first-order valence-electron chi connectivity index (χ1n) is 9.86. The van der Waals surface area contributed by atoms with Crippen LogP contribution in [-0.4, -0.2) is 70.7 Å². The minimum atomic E-state index is -0.745. The Morgan fingerprint density at radius 2 is 1.67 bits per heavy atom. The monoisotopic (exact) mass is 379 g/mol. The van der Waals surface area contributed by atoms with Gasteiger partial charge in [0.25, 0.3) is 0 Å². The van der Waals surface area contributed by atoms with Gasteiger partial charge in [-0.3, -0.25) is 4.90 Å². The van der Waals surface area contributed by atoms with Gasteiger partial charge in [-0.2, -0.15) is 0 Å². The van der Waals surface area contributed by atoms with Crippen LogP contribution in [0.1, 0.15) is 31.2 Å². The number of piperidine rings is 2. The van der Waals surface area contributed by atoms with E-state index in [0.717, 1.165) is 32.0 Å². The molecule has 27 heavy (non-hydrogen) atoms. The number of carbonyl (C=O) groups is 1. The van der Waals surface area contributed by atoms with Crippen molar-refractivity contribution in [2.24, 2.45) is 5.92 Å². The highest BCUT2D eigenvalue weighted by Crippen LogP contribution is 2.36. The molecule has 0 aliphatic carbocycles. The number of rotatable bonds is 2. The minimum absolute atomic E-state index is 0.0371. The molecule has 0 saturated carbocycles. The van der Waals surface area contributed by atoms with Crippen LogP contribution in [0.15, 0.2) is 18.2 Å². The van der Waals surface area contributed by atoms with Crippen LogP contribution < -0.4 is 0 Å². The fourth-order valence-corrected chi connectivity index (χ4v) is 4.76. The molecule has 0 bridgehead atoms. The summed E-state index contributed by atoms with van der Waals surface area (Å²) in [7, 11) is 0. The Morgan fingerprint density at radius 3 is 2.37 bits per heavy atom. The van der Waals surface area contributed by atoms with Gasteiger partial charge < -0.3 is 14.9 Å². The zero-order chi connectivity index (χ0) is 19.0. The number of aliphatic hydroxyl groups is 1. The van der Waals surface area contributed by atoms with Gasteiger partial charge in [0.1, 0.15) is 11.6 Å². The smallest absolute Gasteiger partial charge is 0.320 e. The topological polar surface area (TPSA) is 47.0 Å². The first kappa shape index (κ1) is 18.6. The maximum absolute atomic E-state index is 13.5. The second-order valence-corrected chi connectivity index (χ2v) is 8.24. The summed E-state index contributed by atoms with van der Waals surface area (Å²) in [5, 5.41) is 11.0. The number of urea groups is 1. The molecule has 3 aliphatic heterocycles. The van der Waals surface area contributed by atoms with Crippen LogP contribution >= 0.6 is 0 Å². The first-order chi connectivity index (χ1) is 12.9. The Balaban J connectivity index is 1.41. The van der Waals surface area contributed by atoms with Gasteiger partial charge in [-0.1, -0.05) is 0 Å². The van der Waals surface area contributed by atoms with Gasteiger partial charge in [0.15, 0.2) is 0 Å². The van der Waals surface area contributed by atoms with Crippen LogP contribution in [-0.2, 0) is 6.54 Å². The molecule has 1 aromatic carbocycles. The van der Waals surface area contributed by atoms with E-state index in [-0.39, 0.29) is 11.9 Å². The molecular formula is C20H27F2N3O2. The summed E-state index contributed by atoms with van der Waals surface area (Å²) in [6.45, 7) is 4.53. The molecule has 5 nitrogen and oxygen atoms in total. The number of benzene rings is 1. The second-order valence-electron chi connectivity index (χ2n) is 8.24. The number of amides is 2. The summed E-state index contributed by atoms with van der Waals surface area (Å²) < 4.78 is 26.9. The number of hydrogen-bond acceptors (Lipinski definition) is 3. The summed E-state index contributed by atoms with van der Waals surface area (Å²) in [4.78, 5) is 18.6. The summed E-state index contributed by atoms with van der Waals surface area (Å²) in [5.74, 6) is -1.18. The number of nitrogens with zero attached hydrogens (tertiary/aromatic N) is 3. The summed E-state index contributed by atoms with van der Waals surface area (Å²) in [6, 6.07) is 3.67. The van der Waals surface area contributed by atoms with Crippen molar-refractivity contribution in [1.29, 1.82) is 0 Å². The van der Waals surface area contributed by atoms with E-state index in [1.54, 1.807) is 0 Å². The molecule has 0 aromatic heterocycles. The molecule has 7 heteroatoms. The lowest BCUT2D eigenvalue weighted by molar-refractivity contribution is -0.108. The van der Waals surface area contributed by atoms with E-state index in [1.807, 2.05) is 9.80 Å². The molecule has 1 N–H and O–H groups in total. The van der Waals surface area contributed by atoms with Gasteiger partial charge >= 0.3 is 6.03 Å². The molecule has 4 rings (SSSR count). The van der Waals surface area contributed by atoms with Gasteiger partial charge in [-0.25, -0.2) is 13.6 Å². The third-order valence-electron chi connectivity index (χ3n) is 6.33. The third kappa shape index (κ3) is 3.94. The van der Waals surface area contributed by atoms with E-state index >= 15 is 0 Å². The number of halogens is 2. The predicted octanol–water partition coefficient (Wildman–Crippen LogP) is 2.44. The van der Waals surface area contributed by atoms with Gasteiger partial charge in [-0.05, 0) is 43.4 Å². The van der Waals surface area contributed by atoms with E-state index in [2.05, 4.69) is 4.90 Å². The van der Waals surface area contributed by atoms with Crippen LogP contribution in [0.25, 0.3) is 0 Å². The molecule has 0 spiro atoms. The lowest BCUT2D eigenvalue weighted by Crippen LogP contribution is -2.61. The Morgan fingerprint density at radius 1 is 1.00 bits per heavy atom. The fourth-order valence-electron chi connectivity index (χ4n) is 4.76. The fraction of sp³-hybridized carbons (Fsp3) is 0.650. The normalized spacial score (nSPS) is 29.1. The first-order valence-corrected chi connectivity index (χ1v) is 9.86. The number of carbonyl (C=O) groups excluding carboxylic acids is 1.